The van der Waals surface area contributed by atoms with Crippen LogP contribution in [0.15, 0.2) is 24.3 Å². The Labute approximate surface area is 115 Å². The van der Waals surface area contributed by atoms with Crippen LogP contribution in [0, 0.1) is 0 Å². The summed E-state index contributed by atoms with van der Waals surface area (Å²) >= 11 is 0. The van der Waals surface area contributed by atoms with Gasteiger partial charge in [-0.1, -0.05) is 13.0 Å². The summed E-state index contributed by atoms with van der Waals surface area (Å²) in [6.45, 7) is 9.71. The van der Waals surface area contributed by atoms with Gasteiger partial charge in [0.05, 0.1) is 19.3 Å². The molecule has 0 radical (unpaired) electrons. The van der Waals surface area contributed by atoms with E-state index in [0.717, 1.165) is 44.2 Å². The molecule has 1 fully saturated rings. The molecule has 1 aromatic rings. The lowest BCUT2D eigenvalue weighted by molar-refractivity contribution is -0.0191. The van der Waals surface area contributed by atoms with E-state index in [1.54, 1.807) is 0 Å². The molecule has 1 heterocycles. The van der Waals surface area contributed by atoms with E-state index in [9.17, 15) is 0 Å². The van der Waals surface area contributed by atoms with Gasteiger partial charge in [0, 0.05) is 31.4 Å². The Kier molecular flexibility index (Phi) is 5.48. The van der Waals surface area contributed by atoms with Crippen LogP contribution < -0.4 is 10.1 Å². The summed E-state index contributed by atoms with van der Waals surface area (Å²) in [5.74, 6) is 0.909. The third kappa shape index (κ3) is 4.40. The molecule has 1 aliphatic heterocycles. The van der Waals surface area contributed by atoms with Crippen molar-refractivity contribution in [1.29, 1.82) is 0 Å². The van der Waals surface area contributed by atoms with Gasteiger partial charge in [0.1, 0.15) is 5.75 Å². The monoisotopic (exact) mass is 264 g/mol. The van der Waals surface area contributed by atoms with E-state index in [1.165, 1.54) is 0 Å². The number of rotatable bonds is 6. The molecule has 19 heavy (non-hydrogen) atoms. The normalized spacial score (nSPS) is 20.2. The van der Waals surface area contributed by atoms with Crippen molar-refractivity contribution in [3.63, 3.8) is 0 Å². The van der Waals surface area contributed by atoms with E-state index in [0.29, 0.717) is 6.61 Å². The van der Waals surface area contributed by atoms with Gasteiger partial charge >= 0.3 is 0 Å². The van der Waals surface area contributed by atoms with Crippen molar-refractivity contribution in [1.82, 2.24) is 4.90 Å². The van der Waals surface area contributed by atoms with Crippen molar-refractivity contribution in [2.75, 3.05) is 44.7 Å². The molecule has 0 saturated carbocycles. The second kappa shape index (κ2) is 7.36. The number of hydrogen-bond donors (Lipinski definition) is 1. The van der Waals surface area contributed by atoms with E-state index in [1.807, 2.05) is 25.1 Å². The lowest BCUT2D eigenvalue weighted by Gasteiger charge is -2.32. The molecule has 1 N–H and O–H groups in total. The summed E-state index contributed by atoms with van der Waals surface area (Å²) in [7, 11) is 0. The fourth-order valence-electron chi connectivity index (χ4n) is 2.29. The van der Waals surface area contributed by atoms with E-state index in [4.69, 9.17) is 9.47 Å². The largest absolute Gasteiger partial charge is 0.494 e. The van der Waals surface area contributed by atoms with Gasteiger partial charge in [0.2, 0.25) is 0 Å². The summed E-state index contributed by atoms with van der Waals surface area (Å²) < 4.78 is 11.3. The molecule has 2 rings (SSSR count). The molecule has 1 aliphatic rings. The van der Waals surface area contributed by atoms with E-state index in [2.05, 4.69) is 23.2 Å². The van der Waals surface area contributed by atoms with Crippen molar-refractivity contribution in [3.05, 3.63) is 24.3 Å². The van der Waals surface area contributed by atoms with Crippen molar-refractivity contribution in [3.8, 4) is 5.75 Å². The van der Waals surface area contributed by atoms with Gasteiger partial charge in [-0.15, -0.1) is 0 Å². The first kappa shape index (κ1) is 14.2. The van der Waals surface area contributed by atoms with Gasteiger partial charge in [-0.2, -0.15) is 0 Å². The minimum Gasteiger partial charge on any atom is -0.494 e. The summed E-state index contributed by atoms with van der Waals surface area (Å²) in [6, 6.07) is 8.07. The van der Waals surface area contributed by atoms with Crippen LogP contribution in [0.4, 0.5) is 5.69 Å². The number of nitrogens with one attached hydrogen (secondary N) is 1. The smallest absolute Gasteiger partial charge is 0.121 e. The van der Waals surface area contributed by atoms with Crippen LogP contribution in [0.5, 0.6) is 5.75 Å². The number of hydrogen-bond acceptors (Lipinski definition) is 4. The average molecular weight is 264 g/mol. The second-order valence-electron chi connectivity index (χ2n) is 4.73. The summed E-state index contributed by atoms with van der Waals surface area (Å²) in [5, 5.41) is 3.43. The van der Waals surface area contributed by atoms with E-state index < -0.39 is 0 Å². The highest BCUT2D eigenvalue weighted by molar-refractivity contribution is 5.48. The van der Waals surface area contributed by atoms with Crippen molar-refractivity contribution in [2.45, 2.75) is 20.0 Å². The first-order chi connectivity index (χ1) is 9.31. The number of anilines is 1. The molecule has 4 nitrogen and oxygen atoms in total. The van der Waals surface area contributed by atoms with Crippen molar-refractivity contribution >= 4 is 5.69 Å². The molecular formula is C15H24N2O2. The predicted molar refractivity (Wildman–Crippen MR) is 78.0 cm³/mol. The number of ether oxygens (including phenoxy) is 2. The highest BCUT2D eigenvalue weighted by Crippen LogP contribution is 2.17. The zero-order valence-electron chi connectivity index (χ0n) is 11.9. The Morgan fingerprint density at radius 2 is 2.32 bits per heavy atom. The highest BCUT2D eigenvalue weighted by Gasteiger charge is 2.18. The SMILES string of the molecule is CCOc1cccc(NCC2CN(CC)CCO2)c1. The maximum Gasteiger partial charge on any atom is 0.121 e. The first-order valence-electron chi connectivity index (χ1n) is 7.12. The van der Waals surface area contributed by atoms with E-state index in [-0.39, 0.29) is 6.10 Å². The Balaban J connectivity index is 1.82. The maximum atomic E-state index is 5.77. The van der Waals surface area contributed by atoms with Gasteiger partial charge in [-0.25, -0.2) is 0 Å². The molecule has 0 amide bonds. The molecule has 0 aromatic heterocycles. The summed E-state index contributed by atoms with van der Waals surface area (Å²) in [4.78, 5) is 2.42. The third-order valence-electron chi connectivity index (χ3n) is 3.35. The van der Waals surface area contributed by atoms with Crippen LogP contribution in [-0.4, -0.2) is 50.4 Å². The van der Waals surface area contributed by atoms with Gasteiger partial charge in [-0.05, 0) is 25.6 Å². The van der Waals surface area contributed by atoms with Crippen LogP contribution in [0.3, 0.4) is 0 Å². The number of morpholine rings is 1. The highest BCUT2D eigenvalue weighted by atomic mass is 16.5. The zero-order chi connectivity index (χ0) is 13.5. The molecule has 1 unspecified atom stereocenters. The zero-order valence-corrected chi connectivity index (χ0v) is 11.9. The average Bonchev–Trinajstić information content (AvgIpc) is 2.46. The minimum atomic E-state index is 0.268. The molecule has 0 spiro atoms. The first-order valence-corrected chi connectivity index (χ1v) is 7.12. The van der Waals surface area contributed by atoms with Crippen LogP contribution in [0.2, 0.25) is 0 Å². The molecular weight excluding hydrogens is 240 g/mol. The lowest BCUT2D eigenvalue weighted by Crippen LogP contribution is -2.45. The number of nitrogens with zero attached hydrogens (tertiary/aromatic N) is 1. The molecule has 1 aromatic carbocycles. The molecule has 1 atom stereocenters. The summed E-state index contributed by atoms with van der Waals surface area (Å²) in [6.07, 6.45) is 0.268. The Bertz CT molecular complexity index is 384. The van der Waals surface area contributed by atoms with Crippen LogP contribution in [0.25, 0.3) is 0 Å². The van der Waals surface area contributed by atoms with Gasteiger partial charge in [0.15, 0.2) is 0 Å². The fraction of sp³-hybridized carbons (Fsp3) is 0.600. The lowest BCUT2D eigenvalue weighted by atomic mass is 10.2. The standard InChI is InChI=1S/C15H24N2O2/c1-3-17-8-9-19-15(12-17)11-16-13-6-5-7-14(10-13)18-4-2/h5-7,10,15-16H,3-4,8-9,11-12H2,1-2H3. The molecule has 0 aliphatic carbocycles. The van der Waals surface area contributed by atoms with Crippen LogP contribution in [0.1, 0.15) is 13.8 Å². The predicted octanol–water partition coefficient (Wildman–Crippen LogP) is 2.22. The Morgan fingerprint density at radius 1 is 1.42 bits per heavy atom. The van der Waals surface area contributed by atoms with Gasteiger partial charge in [0.25, 0.3) is 0 Å². The van der Waals surface area contributed by atoms with Crippen LogP contribution in [-0.2, 0) is 4.74 Å². The number of benzene rings is 1. The third-order valence-corrected chi connectivity index (χ3v) is 3.35. The maximum absolute atomic E-state index is 5.77. The quantitative estimate of drug-likeness (QED) is 0.854. The van der Waals surface area contributed by atoms with Gasteiger partial charge < -0.3 is 14.8 Å². The Hall–Kier alpha value is -1.26. The topological polar surface area (TPSA) is 33.7 Å². The summed E-state index contributed by atoms with van der Waals surface area (Å²) in [5.41, 5.74) is 1.09. The Morgan fingerprint density at radius 3 is 3.11 bits per heavy atom. The molecule has 0 bridgehead atoms. The second-order valence-corrected chi connectivity index (χ2v) is 4.73. The number of likely N-dealkylation sites (N-methyl/N-ethyl adjacent to an activating group) is 1. The van der Waals surface area contributed by atoms with Crippen molar-refractivity contribution in [2.24, 2.45) is 0 Å². The minimum absolute atomic E-state index is 0.268. The fourth-order valence-corrected chi connectivity index (χ4v) is 2.29. The molecule has 106 valence electrons. The van der Waals surface area contributed by atoms with E-state index >= 15 is 0 Å². The van der Waals surface area contributed by atoms with Gasteiger partial charge in [-0.3, -0.25) is 4.90 Å². The molecule has 4 heteroatoms. The van der Waals surface area contributed by atoms with Crippen LogP contribution >= 0.6 is 0 Å². The molecule has 1 saturated heterocycles. The van der Waals surface area contributed by atoms with Crippen molar-refractivity contribution < 1.29 is 9.47 Å².